The SMILES string of the molecule is COC(=O)[C@@H]1[C@@H]2CC[C@H](CC2(F)F)N1C(=O)Cc1ccccc1. The van der Waals surface area contributed by atoms with Gasteiger partial charge in [-0.2, -0.15) is 0 Å². The number of fused-ring (bicyclic) bond motifs is 3. The smallest absolute Gasteiger partial charge is 0.329 e. The lowest BCUT2D eigenvalue weighted by Gasteiger charge is -2.53. The predicted molar refractivity (Wildman–Crippen MR) is 78.9 cm³/mol. The number of esters is 1. The van der Waals surface area contributed by atoms with Crippen LogP contribution in [0.4, 0.5) is 8.78 Å². The van der Waals surface area contributed by atoms with Crippen molar-refractivity contribution >= 4 is 11.9 Å². The van der Waals surface area contributed by atoms with Crippen molar-refractivity contribution < 1.29 is 23.1 Å². The van der Waals surface area contributed by atoms with E-state index < -0.39 is 29.9 Å². The van der Waals surface area contributed by atoms with Gasteiger partial charge in [0, 0.05) is 12.5 Å². The molecular formula is C17H19F2NO3. The number of rotatable bonds is 3. The van der Waals surface area contributed by atoms with Crippen LogP contribution in [0.1, 0.15) is 24.8 Å². The summed E-state index contributed by atoms with van der Waals surface area (Å²) in [5.41, 5.74) is 0.800. The first-order valence-electron chi connectivity index (χ1n) is 7.75. The number of hydrogen-bond acceptors (Lipinski definition) is 3. The van der Waals surface area contributed by atoms with Gasteiger partial charge in [-0.25, -0.2) is 13.6 Å². The summed E-state index contributed by atoms with van der Waals surface area (Å²) < 4.78 is 33.0. The number of ether oxygens (including phenoxy) is 1. The Labute approximate surface area is 133 Å². The van der Waals surface area contributed by atoms with E-state index in [4.69, 9.17) is 4.74 Å². The minimum Gasteiger partial charge on any atom is -0.467 e. The molecule has 3 atom stereocenters. The largest absolute Gasteiger partial charge is 0.467 e. The second-order valence-corrected chi connectivity index (χ2v) is 6.23. The molecule has 1 aromatic carbocycles. The van der Waals surface area contributed by atoms with Crippen LogP contribution in [0.15, 0.2) is 30.3 Å². The molecule has 4 rings (SSSR count). The zero-order valence-electron chi connectivity index (χ0n) is 12.9. The molecule has 1 amide bonds. The van der Waals surface area contributed by atoms with E-state index in [9.17, 15) is 18.4 Å². The predicted octanol–water partition coefficient (Wildman–Crippen LogP) is 2.42. The molecule has 1 aliphatic carbocycles. The molecule has 4 nitrogen and oxygen atoms in total. The Kier molecular flexibility index (Phi) is 4.08. The maximum absolute atomic E-state index is 14.2. The molecule has 2 saturated heterocycles. The van der Waals surface area contributed by atoms with E-state index in [0.29, 0.717) is 6.42 Å². The number of halogens is 2. The molecule has 2 bridgehead atoms. The number of amides is 1. The van der Waals surface area contributed by atoms with Gasteiger partial charge in [-0.1, -0.05) is 30.3 Å². The van der Waals surface area contributed by atoms with Gasteiger partial charge in [-0.05, 0) is 18.4 Å². The number of hydrogen-bond donors (Lipinski definition) is 0. The third-order valence-electron chi connectivity index (χ3n) is 4.86. The summed E-state index contributed by atoms with van der Waals surface area (Å²) in [6.45, 7) is 0. The van der Waals surface area contributed by atoms with E-state index in [1.54, 1.807) is 0 Å². The summed E-state index contributed by atoms with van der Waals surface area (Å²) >= 11 is 0. The Bertz CT molecular complexity index is 605. The molecule has 6 heteroatoms. The average Bonchev–Trinajstić information content (AvgIpc) is 2.53. The van der Waals surface area contributed by atoms with Crippen LogP contribution >= 0.6 is 0 Å². The van der Waals surface area contributed by atoms with Crippen molar-refractivity contribution in [1.82, 2.24) is 4.90 Å². The van der Waals surface area contributed by atoms with Gasteiger partial charge >= 0.3 is 5.97 Å². The molecule has 3 fully saturated rings. The molecular weight excluding hydrogens is 304 g/mol. The summed E-state index contributed by atoms with van der Waals surface area (Å²) in [7, 11) is 1.17. The monoisotopic (exact) mass is 323 g/mol. The fourth-order valence-corrected chi connectivity index (χ4v) is 3.82. The third kappa shape index (κ3) is 2.82. The average molecular weight is 323 g/mol. The fraction of sp³-hybridized carbons (Fsp3) is 0.529. The molecule has 1 saturated carbocycles. The first kappa shape index (κ1) is 15.9. The number of carbonyl (C=O) groups excluding carboxylic acids is 2. The highest BCUT2D eigenvalue weighted by Gasteiger charge is 2.60. The van der Waals surface area contributed by atoms with Crippen LogP contribution in [0.25, 0.3) is 0 Å². The number of carbonyl (C=O) groups is 2. The van der Waals surface area contributed by atoms with E-state index in [1.165, 1.54) is 12.0 Å². The molecule has 124 valence electrons. The lowest BCUT2D eigenvalue weighted by atomic mass is 9.71. The van der Waals surface area contributed by atoms with Gasteiger partial charge in [0.25, 0.3) is 5.92 Å². The Morgan fingerprint density at radius 3 is 2.57 bits per heavy atom. The van der Waals surface area contributed by atoms with Crippen molar-refractivity contribution in [3.05, 3.63) is 35.9 Å². The van der Waals surface area contributed by atoms with E-state index >= 15 is 0 Å². The van der Waals surface area contributed by atoms with E-state index in [2.05, 4.69) is 0 Å². The van der Waals surface area contributed by atoms with Crippen LogP contribution < -0.4 is 0 Å². The van der Waals surface area contributed by atoms with E-state index in [0.717, 1.165) is 5.56 Å². The van der Waals surface area contributed by atoms with Gasteiger partial charge in [-0.15, -0.1) is 0 Å². The van der Waals surface area contributed by atoms with Gasteiger partial charge < -0.3 is 9.64 Å². The standard InChI is InChI=1S/C17H19F2NO3/c1-23-16(22)15-13-8-7-12(10-17(13,18)19)20(15)14(21)9-11-5-3-2-4-6-11/h2-6,12-13,15H,7-10H2,1H3/t12-,13+,15+/m1/s1. The maximum atomic E-state index is 14.2. The van der Waals surface area contributed by atoms with Crippen molar-refractivity contribution in [2.24, 2.45) is 5.92 Å². The Hall–Kier alpha value is -1.98. The summed E-state index contributed by atoms with van der Waals surface area (Å²) in [4.78, 5) is 26.1. The highest BCUT2D eigenvalue weighted by Crippen LogP contribution is 2.49. The molecule has 2 aliphatic heterocycles. The van der Waals surface area contributed by atoms with Crippen LogP contribution in [0.3, 0.4) is 0 Å². The first-order chi connectivity index (χ1) is 10.9. The van der Waals surface area contributed by atoms with Crippen molar-refractivity contribution in [3.63, 3.8) is 0 Å². The lowest BCUT2D eigenvalue weighted by Crippen LogP contribution is -2.67. The lowest BCUT2D eigenvalue weighted by molar-refractivity contribution is -0.202. The zero-order valence-corrected chi connectivity index (χ0v) is 12.9. The van der Waals surface area contributed by atoms with Crippen LogP contribution in [-0.4, -0.2) is 41.9 Å². The molecule has 2 heterocycles. The minimum atomic E-state index is -2.93. The van der Waals surface area contributed by atoms with Crippen LogP contribution in [0, 0.1) is 5.92 Å². The summed E-state index contributed by atoms with van der Waals surface area (Å²) in [5.74, 6) is -5.12. The topological polar surface area (TPSA) is 46.6 Å². The van der Waals surface area contributed by atoms with Crippen molar-refractivity contribution in [2.75, 3.05) is 7.11 Å². The number of piperidine rings is 2. The number of nitrogens with zero attached hydrogens (tertiary/aromatic N) is 1. The Morgan fingerprint density at radius 1 is 1.26 bits per heavy atom. The van der Waals surface area contributed by atoms with Gasteiger partial charge in [0.05, 0.1) is 19.4 Å². The minimum absolute atomic E-state index is 0.100. The Morgan fingerprint density at radius 2 is 1.96 bits per heavy atom. The van der Waals surface area contributed by atoms with Crippen LogP contribution in [0.5, 0.6) is 0 Å². The van der Waals surface area contributed by atoms with Crippen LogP contribution in [0.2, 0.25) is 0 Å². The number of alkyl halides is 2. The number of benzene rings is 1. The van der Waals surface area contributed by atoms with Gasteiger partial charge in [-0.3, -0.25) is 4.79 Å². The molecule has 23 heavy (non-hydrogen) atoms. The van der Waals surface area contributed by atoms with Crippen molar-refractivity contribution in [2.45, 2.75) is 43.7 Å². The highest BCUT2D eigenvalue weighted by atomic mass is 19.3. The van der Waals surface area contributed by atoms with Crippen molar-refractivity contribution in [1.29, 1.82) is 0 Å². The summed E-state index contributed by atoms with van der Waals surface area (Å²) in [6, 6.07) is 7.31. The quantitative estimate of drug-likeness (QED) is 0.803. The van der Waals surface area contributed by atoms with Crippen LogP contribution in [-0.2, 0) is 20.7 Å². The molecule has 1 aromatic rings. The molecule has 0 spiro atoms. The Balaban J connectivity index is 1.87. The molecule has 3 aliphatic rings. The molecule has 0 N–H and O–H groups in total. The van der Waals surface area contributed by atoms with E-state index in [1.807, 2.05) is 30.3 Å². The fourth-order valence-electron chi connectivity index (χ4n) is 3.82. The van der Waals surface area contributed by atoms with Gasteiger partial charge in [0.2, 0.25) is 5.91 Å². The molecule has 0 aromatic heterocycles. The molecule has 0 unspecified atom stereocenters. The second kappa shape index (κ2) is 5.91. The normalized spacial score (nSPS) is 28.5. The zero-order chi connectivity index (χ0) is 16.6. The second-order valence-electron chi connectivity index (χ2n) is 6.23. The number of methoxy groups -OCH3 is 1. The first-order valence-corrected chi connectivity index (χ1v) is 7.75. The van der Waals surface area contributed by atoms with E-state index in [-0.39, 0.29) is 25.2 Å². The third-order valence-corrected chi connectivity index (χ3v) is 4.86. The molecule has 0 radical (unpaired) electrons. The maximum Gasteiger partial charge on any atom is 0.329 e. The van der Waals surface area contributed by atoms with Crippen molar-refractivity contribution in [3.8, 4) is 0 Å². The highest BCUT2D eigenvalue weighted by molar-refractivity contribution is 5.87. The summed E-state index contributed by atoms with van der Waals surface area (Å²) in [6.07, 6.45) is 0.482. The van der Waals surface area contributed by atoms with Gasteiger partial charge in [0.1, 0.15) is 6.04 Å². The summed E-state index contributed by atoms with van der Waals surface area (Å²) in [5, 5.41) is 0. The van der Waals surface area contributed by atoms with Gasteiger partial charge in [0.15, 0.2) is 0 Å².